The normalized spacial score (nSPS) is 12.5. The molecule has 2 rings (SSSR count). The number of hydrogen-bond donors (Lipinski definition) is 0. The summed E-state index contributed by atoms with van der Waals surface area (Å²) in [6, 6.07) is 9.50. The van der Waals surface area contributed by atoms with Gasteiger partial charge in [-0.05, 0) is 5.56 Å². The molecule has 0 bridgehead atoms. The summed E-state index contributed by atoms with van der Waals surface area (Å²) in [4.78, 5) is 12.1. The predicted octanol–water partition coefficient (Wildman–Crippen LogP) is 5.12. The Balaban J connectivity index is 2.45. The topological polar surface area (TPSA) is 38.7 Å². The number of halogens is 6. The largest absolute Gasteiger partial charge is 0.250 e. The number of aromatic nitrogens is 3. The summed E-state index contributed by atoms with van der Waals surface area (Å²) in [5.41, 5.74) is 0.967. The molecule has 0 amide bonds. The molecule has 112 valence electrons. The summed E-state index contributed by atoms with van der Waals surface area (Å²) in [6.07, 6.45) is 0.394. The van der Waals surface area contributed by atoms with E-state index in [2.05, 4.69) is 15.0 Å². The van der Waals surface area contributed by atoms with Crippen LogP contribution in [-0.4, -0.2) is 15.0 Å². The highest BCUT2D eigenvalue weighted by Gasteiger charge is 2.33. The summed E-state index contributed by atoms with van der Waals surface area (Å²) in [5.74, 6) is 0.170. The van der Waals surface area contributed by atoms with Crippen LogP contribution < -0.4 is 0 Å². The van der Waals surface area contributed by atoms with Crippen LogP contribution in [0.5, 0.6) is 0 Å². The van der Waals surface area contributed by atoms with Crippen molar-refractivity contribution in [2.45, 2.75) is 14.0 Å². The average molecular weight is 406 g/mol. The molecule has 0 radical (unpaired) electrons. The molecule has 0 spiro atoms. The Morgan fingerprint density at radius 2 is 1.19 bits per heavy atom. The maximum absolute atomic E-state index is 5.80. The van der Waals surface area contributed by atoms with E-state index in [9.17, 15) is 0 Å². The number of nitrogens with zero attached hydrogens (tertiary/aromatic N) is 3. The van der Waals surface area contributed by atoms with Gasteiger partial charge < -0.3 is 0 Å². The van der Waals surface area contributed by atoms with Gasteiger partial charge in [-0.1, -0.05) is 99.9 Å². The molecule has 1 aromatic heterocycles. The van der Waals surface area contributed by atoms with Gasteiger partial charge in [-0.15, -0.1) is 0 Å². The lowest BCUT2D eigenvalue weighted by Gasteiger charge is -2.15. The van der Waals surface area contributed by atoms with Crippen LogP contribution >= 0.6 is 69.6 Å². The van der Waals surface area contributed by atoms with Crippen molar-refractivity contribution in [1.29, 1.82) is 0 Å². The SMILES string of the molecule is ClC(Cl)(Cl)c1nc(Cc2ccccc2)nc(C(Cl)(Cl)Cl)n1. The van der Waals surface area contributed by atoms with Gasteiger partial charge in [0.2, 0.25) is 7.59 Å². The van der Waals surface area contributed by atoms with Crippen molar-refractivity contribution in [2.24, 2.45) is 0 Å². The first-order valence-electron chi connectivity index (χ1n) is 5.59. The number of hydrogen-bond acceptors (Lipinski definition) is 3. The first-order chi connectivity index (χ1) is 9.66. The first kappa shape index (κ1) is 17.3. The molecule has 2 aromatic rings. The summed E-state index contributed by atoms with van der Waals surface area (Å²) in [7, 11) is 0. The van der Waals surface area contributed by atoms with E-state index in [1.807, 2.05) is 30.3 Å². The van der Waals surface area contributed by atoms with Gasteiger partial charge in [0.25, 0.3) is 0 Å². The number of alkyl halides is 6. The molecule has 0 atom stereocenters. The Labute approximate surface area is 151 Å². The lowest BCUT2D eigenvalue weighted by Crippen LogP contribution is -2.18. The molecule has 21 heavy (non-hydrogen) atoms. The molecule has 0 unspecified atom stereocenters. The third-order valence-electron chi connectivity index (χ3n) is 2.39. The fourth-order valence-electron chi connectivity index (χ4n) is 1.53. The maximum atomic E-state index is 5.80. The molecule has 1 aromatic carbocycles. The minimum atomic E-state index is -1.83. The Morgan fingerprint density at radius 1 is 0.714 bits per heavy atom. The van der Waals surface area contributed by atoms with Crippen LogP contribution in [0, 0.1) is 0 Å². The monoisotopic (exact) mass is 403 g/mol. The molecule has 0 N–H and O–H groups in total. The zero-order valence-corrected chi connectivity index (χ0v) is 14.7. The molecule has 0 saturated carbocycles. The van der Waals surface area contributed by atoms with Crippen LogP contribution in [-0.2, 0) is 14.0 Å². The van der Waals surface area contributed by atoms with Crippen molar-refractivity contribution in [3.05, 3.63) is 53.4 Å². The van der Waals surface area contributed by atoms with E-state index in [0.29, 0.717) is 12.2 Å². The molecule has 9 heteroatoms. The average Bonchev–Trinajstić information content (AvgIpc) is 2.37. The Morgan fingerprint density at radius 3 is 1.62 bits per heavy atom. The van der Waals surface area contributed by atoms with Crippen LogP contribution in [0.4, 0.5) is 0 Å². The van der Waals surface area contributed by atoms with E-state index in [1.165, 1.54) is 0 Å². The van der Waals surface area contributed by atoms with Crippen molar-refractivity contribution in [3.8, 4) is 0 Å². The Bertz CT molecular complexity index is 589. The third kappa shape index (κ3) is 4.98. The first-order valence-corrected chi connectivity index (χ1v) is 7.86. The second-order valence-electron chi connectivity index (χ2n) is 4.06. The van der Waals surface area contributed by atoms with Crippen LogP contribution in [0.25, 0.3) is 0 Å². The van der Waals surface area contributed by atoms with Gasteiger partial charge in [-0.3, -0.25) is 0 Å². The zero-order chi connectivity index (χ0) is 15.7. The smallest absolute Gasteiger partial charge is 0.213 e. The molecule has 0 fully saturated rings. The lowest BCUT2D eigenvalue weighted by atomic mass is 10.1. The molecule has 0 aliphatic carbocycles. The summed E-state index contributed by atoms with van der Waals surface area (Å²) >= 11 is 34.8. The van der Waals surface area contributed by atoms with E-state index in [1.54, 1.807) is 0 Å². The fourth-order valence-corrected chi connectivity index (χ4v) is 2.04. The van der Waals surface area contributed by atoms with E-state index >= 15 is 0 Å². The maximum Gasteiger partial charge on any atom is 0.250 e. The number of rotatable bonds is 2. The highest BCUT2D eigenvalue weighted by molar-refractivity contribution is 6.67. The Hall–Kier alpha value is -0.0300. The van der Waals surface area contributed by atoms with E-state index < -0.39 is 7.59 Å². The van der Waals surface area contributed by atoms with Crippen LogP contribution in [0.2, 0.25) is 0 Å². The second kappa shape index (κ2) is 6.61. The molecular weight excluding hydrogens is 399 g/mol. The fraction of sp³-hybridized carbons (Fsp3) is 0.250. The highest BCUT2D eigenvalue weighted by Crippen LogP contribution is 2.39. The molecular formula is C12H7Cl6N3. The summed E-state index contributed by atoms with van der Waals surface area (Å²) in [6.45, 7) is 0. The minimum Gasteiger partial charge on any atom is -0.213 e. The van der Waals surface area contributed by atoms with Gasteiger partial charge in [0.1, 0.15) is 5.82 Å². The number of benzene rings is 1. The molecule has 3 nitrogen and oxygen atoms in total. The predicted molar refractivity (Wildman–Crippen MR) is 87.5 cm³/mol. The lowest BCUT2D eigenvalue weighted by molar-refractivity contribution is 0.792. The van der Waals surface area contributed by atoms with Crippen LogP contribution in [0.3, 0.4) is 0 Å². The third-order valence-corrected chi connectivity index (χ3v) is 3.41. The van der Waals surface area contributed by atoms with Crippen molar-refractivity contribution in [1.82, 2.24) is 15.0 Å². The van der Waals surface area contributed by atoms with Gasteiger partial charge in [-0.25, -0.2) is 15.0 Å². The van der Waals surface area contributed by atoms with E-state index in [0.717, 1.165) is 5.56 Å². The highest BCUT2D eigenvalue weighted by atomic mass is 35.6. The standard InChI is InChI=1S/C12H7Cl6N3/c13-11(14,15)9-19-8(6-7-4-2-1-3-5-7)20-10(21-9)12(16,17)18/h1-5H,6H2. The molecule has 0 saturated heterocycles. The minimum absolute atomic E-state index is 0.0882. The quantitative estimate of drug-likeness (QED) is 0.651. The van der Waals surface area contributed by atoms with Crippen LogP contribution in [0.15, 0.2) is 30.3 Å². The van der Waals surface area contributed by atoms with E-state index in [4.69, 9.17) is 69.6 Å². The molecule has 0 aliphatic rings. The summed E-state index contributed by atoms with van der Waals surface area (Å²) < 4.78 is -3.67. The van der Waals surface area contributed by atoms with Gasteiger partial charge >= 0.3 is 0 Å². The molecule has 0 aliphatic heterocycles. The van der Waals surface area contributed by atoms with Crippen molar-refractivity contribution in [2.75, 3.05) is 0 Å². The zero-order valence-electron chi connectivity index (χ0n) is 10.2. The Kier molecular flexibility index (Phi) is 5.45. The van der Waals surface area contributed by atoms with Crippen molar-refractivity contribution >= 4 is 69.6 Å². The van der Waals surface area contributed by atoms with E-state index in [-0.39, 0.29) is 11.6 Å². The van der Waals surface area contributed by atoms with Crippen LogP contribution in [0.1, 0.15) is 23.0 Å². The van der Waals surface area contributed by atoms with Gasteiger partial charge in [0.05, 0.1) is 0 Å². The van der Waals surface area contributed by atoms with Gasteiger partial charge in [0.15, 0.2) is 11.6 Å². The summed E-state index contributed by atoms with van der Waals surface area (Å²) in [5, 5.41) is 0. The second-order valence-corrected chi connectivity index (χ2v) is 8.62. The molecule has 1 heterocycles. The van der Waals surface area contributed by atoms with Crippen molar-refractivity contribution in [3.63, 3.8) is 0 Å². The van der Waals surface area contributed by atoms with Crippen molar-refractivity contribution < 1.29 is 0 Å². The van der Waals surface area contributed by atoms with Gasteiger partial charge in [-0.2, -0.15) is 0 Å². The van der Waals surface area contributed by atoms with Gasteiger partial charge in [0, 0.05) is 6.42 Å².